The van der Waals surface area contributed by atoms with Crippen LogP contribution in [-0.2, 0) is 4.79 Å². The predicted molar refractivity (Wildman–Crippen MR) is 107 cm³/mol. The third kappa shape index (κ3) is 4.07. The normalized spacial score (nSPS) is 15.2. The second-order valence-electron chi connectivity index (χ2n) is 7.42. The van der Waals surface area contributed by atoms with E-state index in [1.807, 2.05) is 44.0 Å². The van der Waals surface area contributed by atoms with Crippen LogP contribution in [0.25, 0.3) is 0 Å². The molecule has 0 unspecified atom stereocenters. The van der Waals surface area contributed by atoms with Crippen molar-refractivity contribution in [1.82, 2.24) is 9.88 Å². The Hall–Kier alpha value is -1.93. The second kappa shape index (κ2) is 7.36. The van der Waals surface area contributed by atoms with Crippen LogP contribution in [0.4, 0.5) is 10.1 Å². The number of anilines is 2. The molecule has 1 fully saturated rings. The fourth-order valence-electron chi connectivity index (χ4n) is 2.67. The van der Waals surface area contributed by atoms with Crippen molar-refractivity contribution in [2.24, 2.45) is 5.41 Å². The Labute approximate surface area is 161 Å². The summed E-state index contributed by atoms with van der Waals surface area (Å²) in [5.74, 6) is -0.00245. The average Bonchev–Trinajstić information content (AvgIpc) is 3.23. The number of piperazine rings is 1. The lowest BCUT2D eigenvalue weighted by Gasteiger charge is -2.34. The maximum Gasteiger partial charge on any atom is 0.264 e. The Morgan fingerprint density at radius 1 is 1.19 bits per heavy atom. The van der Waals surface area contributed by atoms with Gasteiger partial charge in [-0.1, -0.05) is 20.8 Å². The van der Waals surface area contributed by atoms with Gasteiger partial charge in [0.15, 0.2) is 5.13 Å². The first-order valence-electron chi connectivity index (χ1n) is 8.61. The Morgan fingerprint density at radius 3 is 2.46 bits per heavy atom. The van der Waals surface area contributed by atoms with Crippen LogP contribution >= 0.6 is 22.7 Å². The van der Waals surface area contributed by atoms with Gasteiger partial charge in [-0.05, 0) is 18.6 Å². The van der Waals surface area contributed by atoms with Crippen LogP contribution in [0.2, 0.25) is 0 Å². The summed E-state index contributed by atoms with van der Waals surface area (Å²) in [4.78, 5) is 34.2. The van der Waals surface area contributed by atoms with Crippen molar-refractivity contribution in [3.8, 4) is 0 Å². The molecule has 0 bridgehead atoms. The van der Waals surface area contributed by atoms with Crippen molar-refractivity contribution in [3.63, 3.8) is 0 Å². The van der Waals surface area contributed by atoms with Gasteiger partial charge in [-0.15, -0.1) is 22.7 Å². The Bertz CT molecular complexity index is 785. The number of carbonyl (C=O) groups is 2. The predicted octanol–water partition coefficient (Wildman–Crippen LogP) is 3.46. The highest BCUT2D eigenvalue weighted by Crippen LogP contribution is 2.30. The van der Waals surface area contributed by atoms with Gasteiger partial charge in [0.25, 0.3) is 5.91 Å². The molecule has 6 nitrogen and oxygen atoms in total. The summed E-state index contributed by atoms with van der Waals surface area (Å²) in [7, 11) is 0. The van der Waals surface area contributed by atoms with E-state index in [1.54, 1.807) is 17.5 Å². The SMILES string of the molecule is Cc1cc(NC(=O)C(C)(C)C)sc1C(=O)N1CCN(c2nccs2)CC1. The molecule has 0 saturated carbocycles. The average molecular weight is 393 g/mol. The molecule has 0 aliphatic carbocycles. The van der Waals surface area contributed by atoms with Crippen molar-refractivity contribution >= 4 is 44.6 Å². The fraction of sp³-hybridized carbons (Fsp3) is 0.500. The molecule has 1 saturated heterocycles. The van der Waals surface area contributed by atoms with Gasteiger partial charge < -0.3 is 15.1 Å². The van der Waals surface area contributed by atoms with E-state index >= 15 is 0 Å². The van der Waals surface area contributed by atoms with Crippen molar-refractivity contribution in [3.05, 3.63) is 28.1 Å². The first-order valence-corrected chi connectivity index (χ1v) is 10.3. The number of aromatic nitrogens is 1. The third-order valence-corrected chi connectivity index (χ3v) is 6.26. The minimum absolute atomic E-state index is 0.0440. The minimum atomic E-state index is -0.464. The summed E-state index contributed by atoms with van der Waals surface area (Å²) in [6.07, 6.45) is 1.81. The summed E-state index contributed by atoms with van der Waals surface area (Å²) in [6.45, 7) is 10.5. The fourth-order valence-corrected chi connectivity index (χ4v) is 4.40. The molecule has 3 rings (SSSR count). The molecule has 1 aliphatic rings. The van der Waals surface area contributed by atoms with E-state index in [2.05, 4.69) is 15.2 Å². The van der Waals surface area contributed by atoms with Gasteiger partial charge in [0.1, 0.15) is 0 Å². The molecular formula is C18H24N4O2S2. The monoisotopic (exact) mass is 392 g/mol. The number of carbonyl (C=O) groups excluding carboxylic acids is 2. The van der Waals surface area contributed by atoms with Crippen LogP contribution in [0.3, 0.4) is 0 Å². The molecule has 2 amide bonds. The number of aryl methyl sites for hydroxylation is 1. The van der Waals surface area contributed by atoms with Crippen molar-refractivity contribution in [1.29, 1.82) is 0 Å². The Balaban J connectivity index is 1.64. The van der Waals surface area contributed by atoms with Crippen LogP contribution < -0.4 is 10.2 Å². The highest BCUT2D eigenvalue weighted by atomic mass is 32.1. The number of thiophene rings is 1. The highest BCUT2D eigenvalue weighted by molar-refractivity contribution is 7.18. The van der Waals surface area contributed by atoms with Gasteiger partial charge in [-0.25, -0.2) is 4.98 Å². The Morgan fingerprint density at radius 2 is 1.88 bits per heavy atom. The molecule has 3 heterocycles. The number of nitrogens with one attached hydrogen (secondary N) is 1. The number of hydrogen-bond donors (Lipinski definition) is 1. The maximum absolute atomic E-state index is 12.9. The van der Waals surface area contributed by atoms with E-state index in [4.69, 9.17) is 0 Å². The number of rotatable bonds is 3. The summed E-state index contributed by atoms with van der Waals surface area (Å²) < 4.78 is 0. The lowest BCUT2D eigenvalue weighted by molar-refractivity contribution is -0.123. The van der Waals surface area contributed by atoms with E-state index in [0.717, 1.165) is 28.8 Å². The molecule has 1 aliphatic heterocycles. The lowest BCUT2D eigenvalue weighted by Crippen LogP contribution is -2.48. The molecule has 0 spiro atoms. The zero-order valence-corrected chi connectivity index (χ0v) is 17.2. The van der Waals surface area contributed by atoms with Crippen LogP contribution in [-0.4, -0.2) is 47.9 Å². The first kappa shape index (κ1) is 18.8. The highest BCUT2D eigenvalue weighted by Gasteiger charge is 2.27. The summed E-state index contributed by atoms with van der Waals surface area (Å²) >= 11 is 2.98. The van der Waals surface area contributed by atoms with Gasteiger partial charge in [0.05, 0.1) is 9.88 Å². The summed E-state index contributed by atoms with van der Waals surface area (Å²) in [5, 5.41) is 6.63. The molecule has 0 radical (unpaired) electrons. The molecule has 8 heteroatoms. The van der Waals surface area contributed by atoms with Crippen LogP contribution in [0.1, 0.15) is 36.0 Å². The second-order valence-corrected chi connectivity index (χ2v) is 9.35. The number of hydrogen-bond acceptors (Lipinski definition) is 6. The van der Waals surface area contributed by atoms with Gasteiger partial charge >= 0.3 is 0 Å². The van der Waals surface area contributed by atoms with Crippen molar-refractivity contribution < 1.29 is 9.59 Å². The molecule has 26 heavy (non-hydrogen) atoms. The molecular weight excluding hydrogens is 368 g/mol. The topological polar surface area (TPSA) is 65.5 Å². The lowest BCUT2D eigenvalue weighted by atomic mass is 9.96. The van der Waals surface area contributed by atoms with Crippen molar-refractivity contribution in [2.75, 3.05) is 36.4 Å². The molecule has 1 N–H and O–H groups in total. The third-order valence-electron chi connectivity index (χ3n) is 4.29. The van der Waals surface area contributed by atoms with Gasteiger partial charge in [0, 0.05) is 43.2 Å². The zero-order valence-electron chi connectivity index (χ0n) is 15.5. The summed E-state index contributed by atoms with van der Waals surface area (Å²) in [6, 6.07) is 1.88. The molecule has 2 aromatic rings. The van der Waals surface area contributed by atoms with Crippen LogP contribution in [0.5, 0.6) is 0 Å². The largest absolute Gasteiger partial charge is 0.345 e. The molecule has 140 valence electrons. The smallest absolute Gasteiger partial charge is 0.264 e. The number of thiazole rings is 1. The van der Waals surface area contributed by atoms with Crippen LogP contribution in [0, 0.1) is 12.3 Å². The van der Waals surface area contributed by atoms with E-state index < -0.39 is 5.41 Å². The Kier molecular flexibility index (Phi) is 5.34. The first-order chi connectivity index (χ1) is 12.3. The van der Waals surface area contributed by atoms with Gasteiger partial charge in [0.2, 0.25) is 5.91 Å². The van der Waals surface area contributed by atoms with Crippen molar-refractivity contribution in [2.45, 2.75) is 27.7 Å². The van der Waals surface area contributed by atoms with Crippen LogP contribution in [0.15, 0.2) is 17.6 Å². The standard InChI is InChI=1S/C18H24N4O2S2/c1-12-11-13(20-16(24)18(2,3)4)26-14(12)15(23)21-6-8-22(9-7-21)17-19-5-10-25-17/h5,10-11H,6-9H2,1-4H3,(H,20,24). The van der Waals surface area contributed by atoms with E-state index in [0.29, 0.717) is 18.0 Å². The quantitative estimate of drug-likeness (QED) is 0.869. The molecule has 2 aromatic heterocycles. The molecule has 0 aromatic carbocycles. The maximum atomic E-state index is 12.9. The number of nitrogens with zero attached hydrogens (tertiary/aromatic N) is 3. The minimum Gasteiger partial charge on any atom is -0.345 e. The van der Waals surface area contributed by atoms with E-state index in [-0.39, 0.29) is 11.8 Å². The van der Waals surface area contributed by atoms with Gasteiger partial charge in [-0.3, -0.25) is 9.59 Å². The molecule has 0 atom stereocenters. The van der Waals surface area contributed by atoms with E-state index in [1.165, 1.54) is 11.3 Å². The number of amides is 2. The van der Waals surface area contributed by atoms with Gasteiger partial charge in [-0.2, -0.15) is 0 Å². The van der Waals surface area contributed by atoms with E-state index in [9.17, 15) is 9.59 Å². The zero-order chi connectivity index (χ0) is 18.9. The summed E-state index contributed by atoms with van der Waals surface area (Å²) in [5.41, 5.74) is 0.445.